The number of amides is 3. The second-order valence-electron chi connectivity index (χ2n) is 10.5. The maximum Gasteiger partial charge on any atom is 0.409 e. The van der Waals surface area contributed by atoms with E-state index < -0.39 is 35.2 Å². The van der Waals surface area contributed by atoms with E-state index in [1.165, 1.54) is 13.2 Å². The lowest BCUT2D eigenvalue weighted by Gasteiger charge is -2.37. The van der Waals surface area contributed by atoms with Gasteiger partial charge in [-0.05, 0) is 37.9 Å². The molecular weight excluding hydrogens is 474 g/mol. The van der Waals surface area contributed by atoms with Gasteiger partial charge < -0.3 is 29.9 Å². The Balaban J connectivity index is 1.85. The van der Waals surface area contributed by atoms with Crippen LogP contribution in [0.3, 0.4) is 0 Å². The summed E-state index contributed by atoms with van der Waals surface area (Å²) in [5.74, 6) is -2.68. The van der Waals surface area contributed by atoms with E-state index in [0.717, 1.165) is 12.1 Å². The average molecular weight is 511 g/mol. The van der Waals surface area contributed by atoms with E-state index >= 15 is 0 Å². The molecule has 0 aromatic heterocycles. The molecule has 5 unspecified atom stereocenters. The zero-order valence-corrected chi connectivity index (χ0v) is 21.6. The van der Waals surface area contributed by atoms with Gasteiger partial charge in [-0.3, -0.25) is 9.59 Å². The van der Waals surface area contributed by atoms with Crippen LogP contribution in [0.25, 0.3) is 0 Å². The van der Waals surface area contributed by atoms with Crippen molar-refractivity contribution in [1.29, 1.82) is 0 Å². The van der Waals surface area contributed by atoms with Crippen LogP contribution in [-0.4, -0.2) is 85.7 Å². The number of ether oxygens (including phenoxy) is 2. The summed E-state index contributed by atoms with van der Waals surface area (Å²) < 4.78 is 37.7. The minimum Gasteiger partial charge on any atom is -0.493 e. The molecule has 1 aromatic rings. The largest absolute Gasteiger partial charge is 0.493 e. The smallest absolute Gasteiger partial charge is 0.409 e. The van der Waals surface area contributed by atoms with Crippen molar-refractivity contribution in [2.45, 2.75) is 58.3 Å². The Bertz CT molecular complexity index is 986. The Kier molecular flexibility index (Phi) is 8.43. The zero-order valence-electron chi connectivity index (χ0n) is 21.6. The lowest BCUT2D eigenvalue weighted by molar-refractivity contribution is -0.141. The highest BCUT2D eigenvalue weighted by Crippen LogP contribution is 2.38. The summed E-state index contributed by atoms with van der Waals surface area (Å²) in [5.41, 5.74) is -0.573. The predicted octanol–water partition coefficient (Wildman–Crippen LogP) is 2.15. The number of hydrogen-bond donors (Lipinski definition) is 2. The van der Waals surface area contributed by atoms with Crippen molar-refractivity contribution in [2.75, 3.05) is 33.9 Å². The topological polar surface area (TPSA) is 100 Å². The van der Waals surface area contributed by atoms with Gasteiger partial charge in [-0.25, -0.2) is 13.6 Å². The average Bonchev–Trinajstić information content (AvgIpc) is 3.42. The van der Waals surface area contributed by atoms with E-state index in [-0.39, 0.29) is 48.7 Å². The highest BCUT2D eigenvalue weighted by molar-refractivity contribution is 5.90. The van der Waals surface area contributed by atoms with Gasteiger partial charge in [0.1, 0.15) is 11.8 Å². The first-order valence-corrected chi connectivity index (χ1v) is 12.1. The van der Waals surface area contributed by atoms with E-state index in [1.807, 2.05) is 20.8 Å². The normalized spacial score (nSPS) is 23.2. The fraction of sp³-hybridized carbons (Fsp3) is 0.640. The molecule has 2 saturated heterocycles. The minimum absolute atomic E-state index is 0.0762. The molecule has 3 amide bonds. The molecule has 2 heterocycles. The highest BCUT2D eigenvalue weighted by atomic mass is 19.2. The van der Waals surface area contributed by atoms with Crippen molar-refractivity contribution in [3.63, 3.8) is 0 Å². The van der Waals surface area contributed by atoms with Crippen LogP contribution in [-0.2, 0) is 14.3 Å². The van der Waals surface area contributed by atoms with Crippen LogP contribution in [0.2, 0.25) is 0 Å². The van der Waals surface area contributed by atoms with Crippen molar-refractivity contribution in [3.8, 4) is 5.75 Å². The Morgan fingerprint density at radius 1 is 1.17 bits per heavy atom. The molecule has 1 aromatic carbocycles. The third-order valence-corrected chi connectivity index (χ3v) is 7.01. The number of hydrogen-bond acceptors (Lipinski definition) is 6. The number of fused-ring (bicyclic) bond motifs is 1. The number of likely N-dealkylation sites (tertiary alicyclic amines) is 2. The van der Waals surface area contributed by atoms with E-state index in [1.54, 1.807) is 23.8 Å². The number of benzene rings is 1. The van der Waals surface area contributed by atoms with Crippen LogP contribution in [0.1, 0.15) is 34.1 Å². The Hall–Kier alpha value is -2.95. The van der Waals surface area contributed by atoms with Crippen LogP contribution in [0.15, 0.2) is 18.2 Å². The van der Waals surface area contributed by atoms with Crippen LogP contribution in [0.5, 0.6) is 5.75 Å². The van der Waals surface area contributed by atoms with E-state index in [2.05, 4.69) is 10.6 Å². The lowest BCUT2D eigenvalue weighted by Crippen LogP contribution is -2.59. The molecule has 3 rings (SSSR count). The Morgan fingerprint density at radius 2 is 1.86 bits per heavy atom. The van der Waals surface area contributed by atoms with Gasteiger partial charge in [-0.2, -0.15) is 0 Å². The summed E-state index contributed by atoms with van der Waals surface area (Å²) in [7, 11) is 2.97. The Labute approximate surface area is 210 Å². The van der Waals surface area contributed by atoms with Gasteiger partial charge >= 0.3 is 6.09 Å². The molecule has 0 radical (unpaired) electrons. The third kappa shape index (κ3) is 5.71. The number of likely N-dealkylation sites (N-methyl/N-ethyl adjacent to an activating group) is 1. The number of carbonyl (C=O) groups excluding carboxylic acids is 3. The molecular formula is C25H36F2N4O5. The van der Waals surface area contributed by atoms with Gasteiger partial charge in [0.25, 0.3) is 0 Å². The standard InChI is InChI=1S/C25H36F2N4O5/c1-14(28-5)22(32)29-21(25(2,3)4)23(33)30-10-9-19-20(30)15(12-31(19)24(34)35-6)13-36-16-7-8-17(26)18(27)11-16/h7-8,11,14-15,19-21,28H,9-10,12-13H2,1-6H3,(H,29,32). The first kappa shape index (κ1) is 27.6. The molecule has 0 aliphatic carbocycles. The molecule has 2 aliphatic heterocycles. The SMILES string of the molecule is CNC(C)C(=O)NC(C(=O)N1CCC2C1C(COc1ccc(F)c(F)c1)CN2C(=O)OC)C(C)(C)C. The zero-order chi connectivity index (χ0) is 26.8. The summed E-state index contributed by atoms with van der Waals surface area (Å²) in [6, 6.07) is 1.34. The maximum atomic E-state index is 13.9. The molecule has 0 bridgehead atoms. The summed E-state index contributed by atoms with van der Waals surface area (Å²) in [4.78, 5) is 42.3. The molecule has 0 saturated carbocycles. The summed E-state index contributed by atoms with van der Waals surface area (Å²) in [6.07, 6.45) is 0.0448. The second kappa shape index (κ2) is 11.0. The molecule has 0 spiro atoms. The van der Waals surface area contributed by atoms with Crippen molar-refractivity contribution in [3.05, 3.63) is 29.8 Å². The van der Waals surface area contributed by atoms with Gasteiger partial charge in [0.05, 0.1) is 31.8 Å². The van der Waals surface area contributed by atoms with Crippen LogP contribution < -0.4 is 15.4 Å². The van der Waals surface area contributed by atoms with Gasteiger partial charge in [0.15, 0.2) is 11.6 Å². The monoisotopic (exact) mass is 510 g/mol. The number of nitrogens with one attached hydrogen (secondary N) is 2. The Morgan fingerprint density at radius 3 is 2.44 bits per heavy atom. The summed E-state index contributed by atoms with van der Waals surface area (Å²) in [5, 5.41) is 5.76. The lowest BCUT2D eigenvalue weighted by atomic mass is 9.85. The highest BCUT2D eigenvalue weighted by Gasteiger charge is 2.54. The second-order valence-corrected chi connectivity index (χ2v) is 10.5. The molecule has 9 nitrogen and oxygen atoms in total. The number of carbonyl (C=O) groups is 3. The fourth-order valence-electron chi connectivity index (χ4n) is 4.92. The quantitative estimate of drug-likeness (QED) is 0.583. The molecule has 5 atom stereocenters. The number of nitrogens with zero attached hydrogens (tertiary/aromatic N) is 2. The van der Waals surface area contributed by atoms with Gasteiger partial charge in [-0.15, -0.1) is 0 Å². The summed E-state index contributed by atoms with van der Waals surface area (Å²) in [6.45, 7) is 8.10. The first-order chi connectivity index (χ1) is 16.9. The van der Waals surface area contributed by atoms with Crippen LogP contribution in [0.4, 0.5) is 13.6 Å². The van der Waals surface area contributed by atoms with Crippen molar-refractivity contribution in [1.82, 2.24) is 20.4 Å². The van der Waals surface area contributed by atoms with E-state index in [0.29, 0.717) is 13.0 Å². The molecule has 2 aliphatic rings. The fourth-order valence-corrected chi connectivity index (χ4v) is 4.92. The molecule has 11 heteroatoms. The minimum atomic E-state index is -1.02. The van der Waals surface area contributed by atoms with Gasteiger partial charge in [0, 0.05) is 25.1 Å². The van der Waals surface area contributed by atoms with E-state index in [9.17, 15) is 23.2 Å². The van der Waals surface area contributed by atoms with Crippen molar-refractivity contribution in [2.24, 2.45) is 11.3 Å². The number of rotatable bonds is 7. The number of methoxy groups -OCH3 is 1. The van der Waals surface area contributed by atoms with Gasteiger partial charge in [0.2, 0.25) is 11.8 Å². The number of halogens is 2. The molecule has 2 fully saturated rings. The maximum absolute atomic E-state index is 13.9. The summed E-state index contributed by atoms with van der Waals surface area (Å²) >= 11 is 0. The van der Waals surface area contributed by atoms with Gasteiger partial charge in [-0.1, -0.05) is 20.8 Å². The van der Waals surface area contributed by atoms with E-state index in [4.69, 9.17) is 9.47 Å². The first-order valence-electron chi connectivity index (χ1n) is 12.1. The molecule has 2 N–H and O–H groups in total. The van der Waals surface area contributed by atoms with Crippen molar-refractivity contribution >= 4 is 17.9 Å². The van der Waals surface area contributed by atoms with Crippen LogP contribution >= 0.6 is 0 Å². The van der Waals surface area contributed by atoms with Crippen molar-refractivity contribution < 1.29 is 32.6 Å². The van der Waals surface area contributed by atoms with Crippen LogP contribution in [0, 0.1) is 23.0 Å². The molecule has 200 valence electrons. The molecule has 36 heavy (non-hydrogen) atoms. The predicted molar refractivity (Wildman–Crippen MR) is 128 cm³/mol. The third-order valence-electron chi connectivity index (χ3n) is 7.01.